The second kappa shape index (κ2) is 21.1. The van der Waals surface area contributed by atoms with E-state index in [1.807, 2.05) is 42.5 Å². The Bertz CT molecular complexity index is 2390. The Hall–Kier alpha value is -5.90. The SMILES string of the molecule is CSCC[C@@H](NC(=O)NC(Cc1c[nH]c2ccccc12)C(=O)O)C(=O)N[C@H](C(=O)N/C=C1\C[C@@H](O)[C@H](n2ccc(=O)[nH]c2=O)O1)C(C)N(C)C(=O)[C@@H](N)Cc1cccc(Br)c1. The quantitative estimate of drug-likeness (QED) is 0.0677. The number of hydrogen-bond acceptors (Lipinski definition) is 11. The summed E-state index contributed by atoms with van der Waals surface area (Å²) in [5.74, 6) is -3.03. The molecule has 3 heterocycles. The van der Waals surface area contributed by atoms with E-state index in [-0.39, 0.29) is 31.4 Å². The fourth-order valence-electron chi connectivity index (χ4n) is 6.73. The summed E-state index contributed by atoms with van der Waals surface area (Å²) in [6, 6.07) is 8.52. The van der Waals surface area contributed by atoms with Gasteiger partial charge in [-0.25, -0.2) is 14.4 Å². The first-order chi connectivity index (χ1) is 29.1. The van der Waals surface area contributed by atoms with Crippen molar-refractivity contribution in [1.82, 2.24) is 40.7 Å². The number of para-hydroxylation sites is 1. The third kappa shape index (κ3) is 12.1. The first-order valence-corrected chi connectivity index (χ1v) is 21.3. The molecule has 2 aromatic heterocycles. The number of carbonyl (C=O) groups is 5. The molecular weight excluding hydrogens is 878 g/mol. The van der Waals surface area contributed by atoms with E-state index in [4.69, 9.17) is 10.5 Å². The van der Waals surface area contributed by atoms with Crippen LogP contribution in [0.2, 0.25) is 0 Å². The highest BCUT2D eigenvalue weighted by molar-refractivity contribution is 9.10. The van der Waals surface area contributed by atoms with E-state index in [0.29, 0.717) is 11.3 Å². The third-order valence-corrected chi connectivity index (χ3v) is 11.3. The van der Waals surface area contributed by atoms with E-state index < -0.39 is 83.5 Å². The van der Waals surface area contributed by atoms with Crippen LogP contribution in [0.1, 0.15) is 37.1 Å². The number of rotatable bonds is 18. The summed E-state index contributed by atoms with van der Waals surface area (Å²) in [6.45, 7) is 1.52. The largest absolute Gasteiger partial charge is 0.480 e. The van der Waals surface area contributed by atoms with E-state index >= 15 is 0 Å². The summed E-state index contributed by atoms with van der Waals surface area (Å²) in [7, 11) is 1.43. The minimum atomic E-state index is -1.48. The van der Waals surface area contributed by atoms with Crippen LogP contribution in [0.5, 0.6) is 0 Å². The van der Waals surface area contributed by atoms with Gasteiger partial charge >= 0.3 is 17.7 Å². The maximum Gasteiger partial charge on any atom is 0.331 e. The summed E-state index contributed by atoms with van der Waals surface area (Å²) < 4.78 is 7.50. The summed E-state index contributed by atoms with van der Waals surface area (Å²) >= 11 is 4.79. The Morgan fingerprint density at radius 3 is 2.49 bits per heavy atom. The second-order valence-corrected chi connectivity index (χ2v) is 16.3. The van der Waals surface area contributed by atoms with Crippen LogP contribution < -0.4 is 38.2 Å². The number of nitrogens with two attached hydrogens (primary N) is 1. The monoisotopic (exact) mass is 925 g/mol. The number of aliphatic hydroxyl groups is 1. The maximum atomic E-state index is 14.1. The number of aliphatic hydroxyl groups excluding tert-OH is 1. The number of nitrogens with one attached hydrogen (secondary N) is 6. The van der Waals surface area contributed by atoms with E-state index in [9.17, 15) is 43.8 Å². The summed E-state index contributed by atoms with van der Waals surface area (Å²) in [4.78, 5) is 97.7. The molecule has 2 aromatic carbocycles. The van der Waals surface area contributed by atoms with Gasteiger partial charge in [0.1, 0.15) is 30.0 Å². The van der Waals surface area contributed by atoms with Crippen molar-refractivity contribution in [2.24, 2.45) is 5.73 Å². The zero-order chi connectivity index (χ0) is 44.4. The van der Waals surface area contributed by atoms with Gasteiger partial charge in [-0.1, -0.05) is 46.3 Å². The van der Waals surface area contributed by atoms with Crippen molar-refractivity contribution in [3.63, 3.8) is 0 Å². The number of hydrogen-bond donors (Lipinski definition) is 9. The number of fused-ring (bicyclic) bond motifs is 1. The highest BCUT2D eigenvalue weighted by Gasteiger charge is 2.37. The van der Waals surface area contributed by atoms with Gasteiger partial charge in [0.25, 0.3) is 5.56 Å². The highest BCUT2D eigenvalue weighted by atomic mass is 79.9. The van der Waals surface area contributed by atoms with Gasteiger partial charge in [-0.2, -0.15) is 11.8 Å². The number of benzene rings is 2. The van der Waals surface area contributed by atoms with Crippen LogP contribution in [0.15, 0.2) is 93.0 Å². The number of ether oxygens (including phenoxy) is 1. The molecule has 1 aliphatic rings. The zero-order valence-corrected chi connectivity index (χ0v) is 35.8. The lowest BCUT2D eigenvalue weighted by Crippen LogP contribution is -2.62. The molecule has 1 aliphatic heterocycles. The average molecular weight is 927 g/mol. The summed E-state index contributed by atoms with van der Waals surface area (Å²) in [5, 5.41) is 31.7. The Morgan fingerprint density at radius 1 is 1.05 bits per heavy atom. The molecule has 5 amide bonds. The van der Waals surface area contributed by atoms with Gasteiger partial charge in [-0.05, 0) is 61.1 Å². The van der Waals surface area contributed by atoms with Gasteiger partial charge in [0.15, 0.2) is 0 Å². The standard InChI is InChI=1S/C40H48BrN9O10S/c1-21(49(2)36(55)27(42)16-22-7-6-8-24(41)15-22)33(35(54)44-20-25-18-31(51)37(60-25)50-13-11-32(52)47-40(50)59)48-34(53)29(12-14-61-3)45-39(58)46-30(38(56)57)17-23-19-43-28-10-5-4-9-26(23)28/h4-11,13,15,19-21,27,29-31,33,37,43,51H,12,14,16-18,42H2,1-3H3,(H,44,54)(H,48,53)(H,56,57)(H2,45,46,58)(H,47,52,59)/b25-20+/t21?,27-,29+,30?,31+,33-,37+/m0/s1. The molecule has 61 heavy (non-hydrogen) atoms. The first kappa shape index (κ1) is 46.2. The number of nitrogens with zero attached hydrogens (tertiary/aromatic N) is 2. The molecule has 21 heteroatoms. The lowest BCUT2D eigenvalue weighted by molar-refractivity contribution is -0.139. The Labute approximate surface area is 362 Å². The molecule has 326 valence electrons. The number of thioether (sulfide) groups is 1. The number of urea groups is 1. The molecule has 0 aliphatic carbocycles. The average Bonchev–Trinajstić information content (AvgIpc) is 3.81. The number of H-pyrrole nitrogens is 2. The maximum absolute atomic E-state index is 14.1. The second-order valence-electron chi connectivity index (χ2n) is 14.4. The van der Waals surface area contributed by atoms with E-state index in [1.54, 1.807) is 18.5 Å². The zero-order valence-electron chi connectivity index (χ0n) is 33.4. The van der Waals surface area contributed by atoms with Crippen molar-refractivity contribution in [1.29, 1.82) is 0 Å². The molecule has 10 N–H and O–H groups in total. The number of carbonyl (C=O) groups excluding carboxylic acids is 4. The molecule has 1 fully saturated rings. The number of amides is 5. The molecular formula is C40H48BrN9O10S. The van der Waals surface area contributed by atoms with E-state index in [1.165, 1.54) is 30.6 Å². The Morgan fingerprint density at radius 2 is 1.79 bits per heavy atom. The number of likely N-dealkylation sites (N-methyl/N-ethyl adjacent to an activating group) is 1. The number of carboxylic acids is 1. The van der Waals surface area contributed by atoms with Crippen LogP contribution in [0.4, 0.5) is 4.79 Å². The first-order valence-electron chi connectivity index (χ1n) is 19.1. The van der Waals surface area contributed by atoms with Crippen LogP contribution in [-0.4, -0.2) is 115 Å². The predicted molar refractivity (Wildman–Crippen MR) is 230 cm³/mol. The van der Waals surface area contributed by atoms with Crippen molar-refractivity contribution in [3.05, 3.63) is 115 Å². The molecule has 0 radical (unpaired) electrons. The van der Waals surface area contributed by atoms with Crippen LogP contribution in [0.3, 0.4) is 0 Å². The number of aromatic amines is 2. The van der Waals surface area contributed by atoms with Crippen molar-refractivity contribution >= 4 is 68.3 Å². The Balaban J connectivity index is 1.34. The minimum Gasteiger partial charge on any atom is -0.480 e. The molecule has 1 saturated heterocycles. The topological polar surface area (TPSA) is 283 Å². The molecule has 0 bridgehead atoms. The fraction of sp³-hybridized carbons (Fsp3) is 0.375. The molecule has 19 nitrogen and oxygen atoms in total. The smallest absolute Gasteiger partial charge is 0.331 e. The highest BCUT2D eigenvalue weighted by Crippen LogP contribution is 2.30. The van der Waals surface area contributed by atoms with Crippen molar-refractivity contribution in [2.75, 3.05) is 19.1 Å². The molecule has 2 unspecified atom stereocenters. The van der Waals surface area contributed by atoms with Gasteiger partial charge < -0.3 is 51.8 Å². The Kier molecular flexibility index (Phi) is 15.9. The lowest BCUT2D eigenvalue weighted by Gasteiger charge is -2.34. The van der Waals surface area contributed by atoms with E-state index in [0.717, 1.165) is 44.0 Å². The molecule has 0 spiro atoms. The number of halogens is 1. The van der Waals surface area contributed by atoms with Gasteiger partial charge in [-0.3, -0.25) is 28.7 Å². The van der Waals surface area contributed by atoms with Crippen molar-refractivity contribution < 1.29 is 38.9 Å². The molecule has 5 rings (SSSR count). The summed E-state index contributed by atoms with van der Waals surface area (Å²) in [6.07, 6.45) is 3.34. The van der Waals surface area contributed by atoms with Crippen LogP contribution in [0.25, 0.3) is 10.9 Å². The molecule has 4 aromatic rings. The number of carboxylic acid groups (broad SMARTS) is 1. The number of aromatic nitrogens is 3. The minimum absolute atomic E-state index is 0.0546. The molecule has 0 saturated carbocycles. The van der Waals surface area contributed by atoms with Gasteiger partial charge in [0, 0.05) is 59.9 Å². The number of aliphatic carboxylic acids is 1. The predicted octanol–water partition coefficient (Wildman–Crippen LogP) is 1.04. The van der Waals surface area contributed by atoms with Crippen LogP contribution in [0, 0.1) is 0 Å². The van der Waals surface area contributed by atoms with Gasteiger partial charge in [0.2, 0.25) is 23.9 Å². The summed E-state index contributed by atoms with van der Waals surface area (Å²) in [5.41, 5.74) is 7.11. The van der Waals surface area contributed by atoms with Gasteiger partial charge in [-0.15, -0.1) is 0 Å². The molecule has 7 atom stereocenters. The fourth-order valence-corrected chi connectivity index (χ4v) is 7.64. The normalized spacial score (nSPS) is 18.0. The van der Waals surface area contributed by atoms with E-state index in [2.05, 4.69) is 47.2 Å². The van der Waals surface area contributed by atoms with Crippen molar-refractivity contribution in [2.45, 2.75) is 75.1 Å². The van der Waals surface area contributed by atoms with Gasteiger partial charge in [0.05, 0.1) is 12.1 Å². The van der Waals surface area contributed by atoms with Crippen molar-refractivity contribution in [3.8, 4) is 0 Å². The van der Waals surface area contributed by atoms with Crippen LogP contribution in [-0.2, 0) is 36.8 Å². The third-order valence-electron chi connectivity index (χ3n) is 10.1. The lowest BCUT2D eigenvalue weighted by atomic mass is 10.0. The van der Waals surface area contributed by atoms with Crippen LogP contribution >= 0.6 is 27.7 Å².